The van der Waals surface area contributed by atoms with E-state index in [2.05, 4.69) is 72.7 Å². The third-order valence-corrected chi connectivity index (χ3v) is 6.04. The van der Waals surface area contributed by atoms with Crippen molar-refractivity contribution in [2.45, 2.75) is 39.5 Å². The normalized spacial score (nSPS) is 20.1. The fourth-order valence-electron chi connectivity index (χ4n) is 4.71. The Balaban J connectivity index is 1.73. The van der Waals surface area contributed by atoms with E-state index >= 15 is 0 Å². The van der Waals surface area contributed by atoms with Crippen LogP contribution >= 0.6 is 0 Å². The van der Waals surface area contributed by atoms with Gasteiger partial charge >= 0.3 is 0 Å². The molecule has 0 fully saturated rings. The standard InChI is InChI=1S/C25H25N3O/c1-15-9-11-17(12-10-15)23-22-20(16-7-5-4-6-8-16)21-18(26-24(22)28-27-23)13-25(2,3)14-19(21)29/h4-12,20H,13-14H2,1-3H3,(H2,26,27,28)/t20-/m0/s1. The van der Waals surface area contributed by atoms with Crippen molar-refractivity contribution in [3.63, 3.8) is 0 Å². The number of H-pyrrole nitrogens is 1. The number of anilines is 1. The van der Waals surface area contributed by atoms with Gasteiger partial charge in [0, 0.05) is 29.2 Å². The minimum absolute atomic E-state index is 0.0439. The highest BCUT2D eigenvalue weighted by Crippen LogP contribution is 2.50. The third kappa shape index (κ3) is 3.00. The molecule has 0 bridgehead atoms. The van der Waals surface area contributed by atoms with Gasteiger partial charge < -0.3 is 5.32 Å². The molecule has 0 amide bonds. The lowest BCUT2D eigenvalue weighted by Crippen LogP contribution is -2.33. The smallest absolute Gasteiger partial charge is 0.162 e. The van der Waals surface area contributed by atoms with Gasteiger partial charge in [-0.05, 0) is 29.9 Å². The van der Waals surface area contributed by atoms with E-state index in [-0.39, 0.29) is 17.1 Å². The molecule has 1 aliphatic heterocycles. The molecule has 0 saturated carbocycles. The quantitative estimate of drug-likeness (QED) is 0.607. The number of carbonyl (C=O) groups is 1. The van der Waals surface area contributed by atoms with Crippen molar-refractivity contribution < 1.29 is 4.79 Å². The second-order valence-electron chi connectivity index (χ2n) is 9.03. The summed E-state index contributed by atoms with van der Waals surface area (Å²) in [4.78, 5) is 13.3. The predicted octanol–water partition coefficient (Wildman–Crippen LogP) is 5.59. The highest BCUT2D eigenvalue weighted by Gasteiger charge is 2.42. The van der Waals surface area contributed by atoms with Crippen LogP contribution in [0.15, 0.2) is 65.9 Å². The molecule has 29 heavy (non-hydrogen) atoms. The Bertz CT molecular complexity index is 1120. The topological polar surface area (TPSA) is 57.8 Å². The number of fused-ring (bicyclic) bond motifs is 1. The highest BCUT2D eigenvalue weighted by molar-refractivity contribution is 6.02. The van der Waals surface area contributed by atoms with Gasteiger partial charge in [0.1, 0.15) is 0 Å². The summed E-state index contributed by atoms with van der Waals surface area (Å²) in [7, 11) is 0. The lowest BCUT2D eigenvalue weighted by atomic mass is 9.69. The maximum Gasteiger partial charge on any atom is 0.162 e. The van der Waals surface area contributed by atoms with Crippen LogP contribution in [0.4, 0.5) is 5.82 Å². The number of hydrogen-bond acceptors (Lipinski definition) is 3. The van der Waals surface area contributed by atoms with Gasteiger partial charge in [0.2, 0.25) is 0 Å². The summed E-state index contributed by atoms with van der Waals surface area (Å²) < 4.78 is 0. The number of aromatic amines is 1. The minimum atomic E-state index is -0.110. The molecule has 0 radical (unpaired) electrons. The van der Waals surface area contributed by atoms with Gasteiger partial charge in [-0.3, -0.25) is 9.89 Å². The Morgan fingerprint density at radius 1 is 1.00 bits per heavy atom. The highest BCUT2D eigenvalue weighted by atomic mass is 16.1. The second kappa shape index (κ2) is 6.45. The zero-order chi connectivity index (χ0) is 20.2. The van der Waals surface area contributed by atoms with Crippen molar-refractivity contribution in [1.82, 2.24) is 10.2 Å². The van der Waals surface area contributed by atoms with Gasteiger partial charge in [-0.1, -0.05) is 74.0 Å². The maximum absolute atomic E-state index is 13.3. The van der Waals surface area contributed by atoms with Gasteiger partial charge in [-0.2, -0.15) is 5.10 Å². The van der Waals surface area contributed by atoms with Crippen LogP contribution in [0, 0.1) is 12.3 Å². The average molecular weight is 383 g/mol. The number of nitrogens with one attached hydrogen (secondary N) is 2. The Labute approximate surface area is 171 Å². The molecule has 4 nitrogen and oxygen atoms in total. The monoisotopic (exact) mass is 383 g/mol. The summed E-state index contributed by atoms with van der Waals surface area (Å²) in [6, 6.07) is 18.8. The number of ketones is 1. The average Bonchev–Trinajstić information content (AvgIpc) is 3.10. The molecule has 0 spiro atoms. The number of Topliss-reactive ketones (excluding diaryl/α,β-unsaturated/α-hetero) is 1. The maximum atomic E-state index is 13.3. The SMILES string of the molecule is Cc1ccc(-c2[nH]nc3c2[C@@H](c2ccccc2)C2=C(CC(C)(C)CC2=O)N3)cc1. The van der Waals surface area contributed by atoms with Crippen molar-refractivity contribution in [1.29, 1.82) is 0 Å². The molecule has 0 saturated heterocycles. The van der Waals surface area contributed by atoms with E-state index in [1.807, 2.05) is 18.2 Å². The molecular weight excluding hydrogens is 358 g/mol. The second-order valence-corrected chi connectivity index (χ2v) is 9.03. The van der Waals surface area contributed by atoms with E-state index in [1.165, 1.54) is 5.56 Å². The summed E-state index contributed by atoms with van der Waals surface area (Å²) in [6.45, 7) is 6.40. The van der Waals surface area contributed by atoms with E-state index in [1.54, 1.807) is 0 Å². The lowest BCUT2D eigenvalue weighted by molar-refractivity contribution is -0.118. The number of aromatic nitrogens is 2. The first-order valence-electron chi connectivity index (χ1n) is 10.2. The Hall–Kier alpha value is -3.14. The number of rotatable bonds is 2. The van der Waals surface area contributed by atoms with Crippen molar-refractivity contribution in [3.8, 4) is 11.3 Å². The predicted molar refractivity (Wildman–Crippen MR) is 116 cm³/mol. The first-order chi connectivity index (χ1) is 13.9. The van der Waals surface area contributed by atoms with Crippen LogP contribution in [-0.2, 0) is 4.79 Å². The van der Waals surface area contributed by atoms with E-state index in [0.29, 0.717) is 6.42 Å². The largest absolute Gasteiger partial charge is 0.342 e. The van der Waals surface area contributed by atoms with Gasteiger partial charge in [-0.25, -0.2) is 0 Å². The summed E-state index contributed by atoms with van der Waals surface area (Å²) in [6.07, 6.45) is 1.42. The molecule has 3 aromatic rings. The van der Waals surface area contributed by atoms with Crippen LogP contribution in [0.1, 0.15) is 49.3 Å². The van der Waals surface area contributed by atoms with Crippen LogP contribution in [0.2, 0.25) is 0 Å². The number of aryl methyl sites for hydroxylation is 1. The van der Waals surface area contributed by atoms with E-state index in [0.717, 1.165) is 45.9 Å². The number of carbonyl (C=O) groups excluding carboxylic acids is 1. The van der Waals surface area contributed by atoms with E-state index in [9.17, 15) is 4.79 Å². The van der Waals surface area contributed by atoms with Gasteiger partial charge in [-0.15, -0.1) is 0 Å². The molecule has 2 aliphatic rings. The Morgan fingerprint density at radius 3 is 2.45 bits per heavy atom. The molecule has 2 aromatic carbocycles. The molecular formula is C25H25N3O. The Morgan fingerprint density at radius 2 is 1.72 bits per heavy atom. The third-order valence-electron chi connectivity index (χ3n) is 6.04. The fraction of sp³-hybridized carbons (Fsp3) is 0.280. The fourth-order valence-corrected chi connectivity index (χ4v) is 4.71. The molecule has 0 unspecified atom stereocenters. The van der Waals surface area contributed by atoms with Gasteiger partial charge in [0.25, 0.3) is 0 Å². The molecule has 1 aromatic heterocycles. The molecule has 2 N–H and O–H groups in total. The lowest BCUT2D eigenvalue weighted by Gasteiger charge is -2.38. The summed E-state index contributed by atoms with van der Waals surface area (Å²) in [5.74, 6) is 0.957. The minimum Gasteiger partial charge on any atom is -0.342 e. The van der Waals surface area contributed by atoms with Crippen molar-refractivity contribution in [3.05, 3.63) is 82.6 Å². The van der Waals surface area contributed by atoms with Crippen molar-refractivity contribution in [2.75, 3.05) is 5.32 Å². The number of hydrogen-bond donors (Lipinski definition) is 2. The molecule has 5 rings (SSSR count). The Kier molecular flexibility index (Phi) is 3.98. The zero-order valence-electron chi connectivity index (χ0n) is 17.0. The van der Waals surface area contributed by atoms with E-state index in [4.69, 9.17) is 0 Å². The molecule has 1 atom stereocenters. The first-order valence-corrected chi connectivity index (χ1v) is 10.2. The summed E-state index contributed by atoms with van der Waals surface area (Å²) in [5.41, 5.74) is 7.35. The number of allylic oxidation sites excluding steroid dienone is 2. The van der Waals surface area contributed by atoms with Crippen LogP contribution < -0.4 is 5.32 Å². The molecule has 146 valence electrons. The summed E-state index contributed by atoms with van der Waals surface area (Å²) >= 11 is 0. The first kappa shape index (κ1) is 17.9. The summed E-state index contributed by atoms with van der Waals surface area (Å²) in [5, 5.41) is 11.4. The van der Waals surface area contributed by atoms with Gasteiger partial charge in [0.05, 0.1) is 5.69 Å². The number of nitrogens with zero attached hydrogens (tertiary/aromatic N) is 1. The van der Waals surface area contributed by atoms with Crippen LogP contribution in [0.5, 0.6) is 0 Å². The van der Waals surface area contributed by atoms with Gasteiger partial charge in [0.15, 0.2) is 11.6 Å². The molecule has 4 heteroatoms. The van der Waals surface area contributed by atoms with E-state index < -0.39 is 0 Å². The van der Waals surface area contributed by atoms with Crippen LogP contribution in [0.3, 0.4) is 0 Å². The zero-order valence-corrected chi connectivity index (χ0v) is 17.0. The number of benzene rings is 2. The van der Waals surface area contributed by atoms with Crippen molar-refractivity contribution in [2.24, 2.45) is 5.41 Å². The van der Waals surface area contributed by atoms with Crippen LogP contribution in [-0.4, -0.2) is 16.0 Å². The molecule has 2 heterocycles. The molecule has 1 aliphatic carbocycles. The van der Waals surface area contributed by atoms with Crippen molar-refractivity contribution >= 4 is 11.6 Å². The van der Waals surface area contributed by atoms with Crippen LogP contribution in [0.25, 0.3) is 11.3 Å².